The number of rotatable bonds is 3. The highest BCUT2D eigenvalue weighted by Gasteiger charge is 2.37. The lowest BCUT2D eigenvalue weighted by Crippen LogP contribution is -2.54. The maximum Gasteiger partial charge on any atom is 0.339 e. The van der Waals surface area contributed by atoms with Crippen LogP contribution >= 0.6 is 11.3 Å². The lowest BCUT2D eigenvalue weighted by Gasteiger charge is -2.40. The Labute approximate surface area is 144 Å². The number of carbonyl (C=O) groups is 1. The highest BCUT2D eigenvalue weighted by atomic mass is 32.1. The number of β-amino-alcohol motifs (C(OH)–C–C–N with tert-alkyl or cyclic N) is 1. The van der Waals surface area contributed by atoms with Crippen molar-refractivity contribution < 1.29 is 20.1 Å². The third-order valence-corrected chi connectivity index (χ3v) is 5.42. The molecule has 3 heterocycles. The van der Waals surface area contributed by atoms with Gasteiger partial charge in [-0.1, -0.05) is 0 Å². The molecule has 1 fully saturated rings. The molecule has 0 amide bonds. The molecule has 0 radical (unpaired) electrons. The summed E-state index contributed by atoms with van der Waals surface area (Å²) >= 11 is 1.59. The van der Waals surface area contributed by atoms with E-state index in [4.69, 9.17) is 0 Å². The van der Waals surface area contributed by atoms with Crippen molar-refractivity contribution in [1.82, 2.24) is 4.98 Å². The molecule has 1 aliphatic heterocycles. The molecule has 0 bridgehead atoms. The topological polar surface area (TPSA) is 93.9 Å². The normalized spacial score (nSPS) is 24.2. The highest BCUT2D eigenvalue weighted by Crippen LogP contribution is 2.32. The van der Waals surface area contributed by atoms with E-state index in [1.54, 1.807) is 35.3 Å². The van der Waals surface area contributed by atoms with Crippen molar-refractivity contribution in [2.24, 2.45) is 0 Å². The van der Waals surface area contributed by atoms with E-state index in [1.165, 1.54) is 0 Å². The molecule has 2 unspecified atom stereocenters. The molecule has 1 aliphatic rings. The first-order valence-electron chi connectivity index (χ1n) is 7.74. The van der Waals surface area contributed by atoms with Crippen molar-refractivity contribution >= 4 is 23.1 Å². The van der Waals surface area contributed by atoms with Gasteiger partial charge in [0.05, 0.1) is 22.3 Å². The molecule has 0 aromatic carbocycles. The minimum Gasteiger partial charge on any atom is -0.478 e. The Kier molecular flexibility index (Phi) is 4.33. The van der Waals surface area contributed by atoms with E-state index in [0.29, 0.717) is 24.5 Å². The van der Waals surface area contributed by atoms with Gasteiger partial charge in [-0.15, -0.1) is 11.3 Å². The molecule has 2 aromatic heterocycles. The second-order valence-corrected chi connectivity index (χ2v) is 7.64. The fraction of sp³-hybridized carbons (Fsp3) is 0.412. The van der Waals surface area contributed by atoms with Crippen LogP contribution in [0.5, 0.6) is 0 Å². The molecule has 2 atom stereocenters. The van der Waals surface area contributed by atoms with Crippen molar-refractivity contribution in [2.75, 3.05) is 18.0 Å². The van der Waals surface area contributed by atoms with Gasteiger partial charge in [-0.2, -0.15) is 0 Å². The van der Waals surface area contributed by atoms with Crippen LogP contribution < -0.4 is 4.90 Å². The van der Waals surface area contributed by atoms with Gasteiger partial charge in [0.2, 0.25) is 0 Å². The van der Waals surface area contributed by atoms with Crippen molar-refractivity contribution in [3.63, 3.8) is 0 Å². The van der Waals surface area contributed by atoms with Gasteiger partial charge >= 0.3 is 5.97 Å². The zero-order valence-corrected chi connectivity index (χ0v) is 14.4. The summed E-state index contributed by atoms with van der Waals surface area (Å²) in [7, 11) is 0. The Balaban J connectivity index is 2.00. The molecule has 0 aliphatic carbocycles. The molecule has 0 saturated carbocycles. The summed E-state index contributed by atoms with van der Waals surface area (Å²) in [6, 6.07) is 7.21. The number of pyridine rings is 1. The van der Waals surface area contributed by atoms with Crippen LogP contribution in [-0.4, -0.2) is 51.1 Å². The standard InChI is InChI=1S/C17H20N2O4S/c1-10-3-6-13(24-10)12-5-4-11(16(21)22)15(18-12)19-8-7-17(2,23)14(20)9-19/h3-6,14,20,23H,7-9H2,1-2H3,(H,21,22). The molecule has 1 saturated heterocycles. The van der Waals surface area contributed by atoms with Crippen LogP contribution in [0.3, 0.4) is 0 Å². The van der Waals surface area contributed by atoms with Crippen LogP contribution in [0, 0.1) is 6.92 Å². The second-order valence-electron chi connectivity index (χ2n) is 6.35. The first-order valence-corrected chi connectivity index (χ1v) is 8.56. The molecule has 24 heavy (non-hydrogen) atoms. The number of thiophene rings is 1. The van der Waals surface area contributed by atoms with Gasteiger partial charge in [0.1, 0.15) is 11.4 Å². The Morgan fingerprint density at radius 2 is 2.12 bits per heavy atom. The number of hydrogen-bond donors (Lipinski definition) is 3. The summed E-state index contributed by atoms with van der Waals surface area (Å²) in [5.41, 5.74) is -0.358. The summed E-state index contributed by atoms with van der Waals surface area (Å²) in [5, 5.41) is 29.7. The third kappa shape index (κ3) is 3.15. The number of aryl methyl sites for hydroxylation is 1. The van der Waals surface area contributed by atoms with E-state index in [1.807, 2.05) is 19.1 Å². The summed E-state index contributed by atoms with van der Waals surface area (Å²) < 4.78 is 0. The number of aromatic carboxylic acids is 1. The molecule has 0 spiro atoms. The fourth-order valence-electron chi connectivity index (χ4n) is 2.78. The van der Waals surface area contributed by atoms with Crippen LogP contribution in [0.1, 0.15) is 28.6 Å². The van der Waals surface area contributed by atoms with Crippen LogP contribution in [0.4, 0.5) is 5.82 Å². The number of aromatic nitrogens is 1. The van der Waals surface area contributed by atoms with Crippen LogP contribution in [0.15, 0.2) is 24.3 Å². The van der Waals surface area contributed by atoms with Crippen LogP contribution in [0.25, 0.3) is 10.6 Å². The smallest absolute Gasteiger partial charge is 0.339 e. The SMILES string of the molecule is Cc1ccc(-c2ccc(C(=O)O)c(N3CCC(C)(O)C(O)C3)n2)s1. The third-order valence-electron chi connectivity index (χ3n) is 4.40. The highest BCUT2D eigenvalue weighted by molar-refractivity contribution is 7.15. The van der Waals surface area contributed by atoms with Crippen molar-refractivity contribution in [3.8, 4) is 10.6 Å². The van der Waals surface area contributed by atoms with Gasteiger partial charge in [-0.25, -0.2) is 9.78 Å². The number of carboxylic acids is 1. The van der Waals surface area contributed by atoms with Gasteiger partial charge in [0, 0.05) is 18.0 Å². The predicted octanol–water partition coefficient (Wildman–Crippen LogP) is 2.14. The van der Waals surface area contributed by atoms with Gasteiger partial charge in [0.15, 0.2) is 0 Å². The minimum atomic E-state index is -1.16. The number of aliphatic hydroxyl groups is 2. The summed E-state index contributed by atoms with van der Waals surface area (Å²) in [6.07, 6.45) is -0.612. The van der Waals surface area contributed by atoms with E-state index in [0.717, 1.165) is 9.75 Å². The van der Waals surface area contributed by atoms with Crippen LogP contribution in [0.2, 0.25) is 0 Å². The van der Waals surface area contributed by atoms with E-state index in [2.05, 4.69) is 4.98 Å². The summed E-state index contributed by atoms with van der Waals surface area (Å²) in [5.74, 6) is -0.723. The van der Waals surface area contributed by atoms with Gasteiger partial charge < -0.3 is 20.2 Å². The number of piperidine rings is 1. The van der Waals surface area contributed by atoms with Gasteiger partial charge in [0.25, 0.3) is 0 Å². The first-order chi connectivity index (χ1) is 11.3. The summed E-state index contributed by atoms with van der Waals surface area (Å²) in [6.45, 7) is 4.17. The molecule has 128 valence electrons. The van der Waals surface area contributed by atoms with Crippen molar-refractivity contribution in [3.05, 3.63) is 34.7 Å². The van der Waals surface area contributed by atoms with E-state index >= 15 is 0 Å². The predicted molar refractivity (Wildman–Crippen MR) is 92.7 cm³/mol. The number of anilines is 1. The van der Waals surface area contributed by atoms with Gasteiger partial charge in [-0.05, 0) is 44.5 Å². The van der Waals surface area contributed by atoms with Crippen molar-refractivity contribution in [1.29, 1.82) is 0 Å². The fourth-order valence-corrected chi connectivity index (χ4v) is 3.62. The second kappa shape index (κ2) is 6.16. The lowest BCUT2D eigenvalue weighted by molar-refractivity contribution is -0.0722. The Morgan fingerprint density at radius 1 is 1.38 bits per heavy atom. The average molecular weight is 348 g/mol. The number of carboxylic acid groups (broad SMARTS) is 1. The minimum absolute atomic E-state index is 0.0979. The number of aliphatic hydroxyl groups excluding tert-OH is 1. The van der Waals surface area contributed by atoms with Crippen LogP contribution in [-0.2, 0) is 0 Å². The molecule has 3 N–H and O–H groups in total. The molecule has 3 rings (SSSR count). The number of hydrogen-bond acceptors (Lipinski definition) is 6. The maximum absolute atomic E-state index is 11.5. The Hall–Kier alpha value is -1.96. The van der Waals surface area contributed by atoms with E-state index in [-0.39, 0.29) is 12.1 Å². The quantitative estimate of drug-likeness (QED) is 0.787. The zero-order valence-electron chi connectivity index (χ0n) is 13.6. The molecule has 6 nitrogen and oxygen atoms in total. The van der Waals surface area contributed by atoms with E-state index in [9.17, 15) is 20.1 Å². The number of nitrogens with zero attached hydrogens (tertiary/aromatic N) is 2. The molecule has 7 heteroatoms. The lowest BCUT2D eigenvalue weighted by atomic mass is 9.90. The first kappa shape index (κ1) is 16.9. The Bertz CT molecular complexity index is 772. The molecule has 2 aromatic rings. The largest absolute Gasteiger partial charge is 0.478 e. The summed E-state index contributed by atoms with van der Waals surface area (Å²) in [4.78, 5) is 19.9. The van der Waals surface area contributed by atoms with Gasteiger partial charge in [-0.3, -0.25) is 0 Å². The van der Waals surface area contributed by atoms with E-state index < -0.39 is 17.7 Å². The zero-order chi connectivity index (χ0) is 17.5. The molecular formula is C17H20N2O4S. The van der Waals surface area contributed by atoms with Crippen molar-refractivity contribution in [2.45, 2.75) is 32.0 Å². The molecular weight excluding hydrogens is 328 g/mol. The maximum atomic E-state index is 11.5. The monoisotopic (exact) mass is 348 g/mol. The Morgan fingerprint density at radius 3 is 2.71 bits per heavy atom. The average Bonchev–Trinajstić information content (AvgIpc) is 2.96.